The van der Waals surface area contributed by atoms with Crippen LogP contribution < -0.4 is 5.32 Å². The smallest absolute Gasteiger partial charge is 0.0885 e. The van der Waals surface area contributed by atoms with Crippen molar-refractivity contribution in [3.63, 3.8) is 0 Å². The Bertz CT molecular complexity index is 242. The number of nitrogens with zero attached hydrogens (tertiary/aromatic N) is 2. The van der Waals surface area contributed by atoms with Crippen LogP contribution in [0.1, 0.15) is 5.69 Å². The molecule has 0 atom stereocenters. The van der Waals surface area contributed by atoms with Crippen LogP contribution in [0.15, 0.2) is 24.4 Å². The lowest BCUT2D eigenvalue weighted by Crippen LogP contribution is -2.89. The van der Waals surface area contributed by atoms with Crippen molar-refractivity contribution < 1.29 is 5.32 Å². The summed E-state index contributed by atoms with van der Waals surface area (Å²) in [5, 5.41) is 2.37. The highest BCUT2D eigenvalue weighted by molar-refractivity contribution is 5.03. The molecule has 0 unspecified atom stereocenters. The van der Waals surface area contributed by atoms with Gasteiger partial charge in [0.1, 0.15) is 0 Å². The van der Waals surface area contributed by atoms with Crippen molar-refractivity contribution in [3.05, 3.63) is 30.1 Å². The van der Waals surface area contributed by atoms with Crippen molar-refractivity contribution in [2.75, 3.05) is 26.2 Å². The van der Waals surface area contributed by atoms with E-state index >= 15 is 0 Å². The minimum absolute atomic E-state index is 1.01. The van der Waals surface area contributed by atoms with E-state index in [4.69, 9.17) is 0 Å². The maximum Gasteiger partial charge on any atom is 0.0885 e. The molecule has 0 saturated carbocycles. The van der Waals surface area contributed by atoms with E-state index in [1.165, 1.54) is 31.9 Å². The van der Waals surface area contributed by atoms with Gasteiger partial charge in [0, 0.05) is 25.8 Å². The van der Waals surface area contributed by atoms with Gasteiger partial charge in [0.05, 0.1) is 18.8 Å². The molecule has 3 nitrogen and oxygen atoms in total. The summed E-state index contributed by atoms with van der Waals surface area (Å²) in [6, 6.07) is 6.12. The molecule has 0 spiro atoms. The summed E-state index contributed by atoms with van der Waals surface area (Å²) in [5.41, 5.74) is 1.18. The number of rotatable bonds is 2. The molecule has 70 valence electrons. The average Bonchev–Trinajstić information content (AvgIpc) is 2.21. The van der Waals surface area contributed by atoms with Crippen molar-refractivity contribution >= 4 is 0 Å². The van der Waals surface area contributed by atoms with E-state index in [9.17, 15) is 0 Å². The first-order valence-corrected chi connectivity index (χ1v) is 4.89. The minimum atomic E-state index is 1.01. The van der Waals surface area contributed by atoms with Gasteiger partial charge in [0.2, 0.25) is 0 Å². The van der Waals surface area contributed by atoms with E-state index in [-0.39, 0.29) is 0 Å². The van der Waals surface area contributed by atoms with Gasteiger partial charge in [-0.2, -0.15) is 0 Å². The minimum Gasteiger partial charge on any atom is -0.344 e. The van der Waals surface area contributed by atoms with E-state index in [0.717, 1.165) is 6.54 Å². The van der Waals surface area contributed by atoms with E-state index in [2.05, 4.69) is 27.3 Å². The summed E-state index contributed by atoms with van der Waals surface area (Å²) in [6.45, 7) is 5.85. The van der Waals surface area contributed by atoms with Gasteiger partial charge in [-0.05, 0) is 12.1 Å². The third-order valence-electron chi connectivity index (χ3n) is 2.41. The van der Waals surface area contributed by atoms with Crippen molar-refractivity contribution in [3.8, 4) is 0 Å². The second-order valence-corrected chi connectivity index (χ2v) is 3.46. The van der Waals surface area contributed by atoms with Crippen LogP contribution in [0.2, 0.25) is 0 Å². The second-order valence-electron chi connectivity index (χ2n) is 3.46. The molecule has 2 rings (SSSR count). The van der Waals surface area contributed by atoms with Gasteiger partial charge >= 0.3 is 0 Å². The zero-order chi connectivity index (χ0) is 8.93. The van der Waals surface area contributed by atoms with E-state index in [1.807, 2.05) is 12.3 Å². The van der Waals surface area contributed by atoms with Gasteiger partial charge in [-0.3, -0.25) is 9.88 Å². The molecule has 1 aliphatic heterocycles. The molecule has 1 fully saturated rings. The van der Waals surface area contributed by atoms with E-state index < -0.39 is 0 Å². The molecule has 0 aliphatic carbocycles. The van der Waals surface area contributed by atoms with Crippen molar-refractivity contribution in [1.29, 1.82) is 0 Å². The fourth-order valence-electron chi connectivity index (χ4n) is 1.68. The average molecular weight is 178 g/mol. The molecular formula is C10H16N3+. The second kappa shape index (κ2) is 4.35. The topological polar surface area (TPSA) is 32.7 Å². The number of pyridine rings is 1. The predicted molar refractivity (Wildman–Crippen MR) is 51.2 cm³/mol. The Kier molecular flexibility index (Phi) is 2.90. The van der Waals surface area contributed by atoms with Crippen LogP contribution in [0.5, 0.6) is 0 Å². The highest BCUT2D eigenvalue weighted by Gasteiger charge is 2.11. The lowest BCUT2D eigenvalue weighted by molar-refractivity contribution is -0.663. The van der Waals surface area contributed by atoms with Crippen molar-refractivity contribution in [2.24, 2.45) is 0 Å². The summed E-state index contributed by atoms with van der Waals surface area (Å²) in [6.07, 6.45) is 1.87. The normalized spacial score (nSPS) is 18.8. The van der Waals surface area contributed by atoms with Gasteiger partial charge in [-0.15, -0.1) is 0 Å². The number of hydrogen-bond acceptors (Lipinski definition) is 2. The molecule has 0 radical (unpaired) electrons. The SMILES string of the molecule is c1ccc(CN2CC[NH2+]CC2)nc1. The molecule has 0 bridgehead atoms. The Morgan fingerprint density at radius 1 is 1.31 bits per heavy atom. The molecule has 0 amide bonds. The summed E-state index contributed by atoms with van der Waals surface area (Å²) in [5.74, 6) is 0. The van der Waals surface area contributed by atoms with Crippen LogP contribution in [-0.2, 0) is 6.54 Å². The first kappa shape index (κ1) is 8.66. The third kappa shape index (κ3) is 2.50. The maximum atomic E-state index is 4.32. The van der Waals surface area contributed by atoms with Crippen LogP contribution in [0, 0.1) is 0 Å². The summed E-state index contributed by atoms with van der Waals surface area (Å²) in [4.78, 5) is 6.78. The predicted octanol–water partition coefficient (Wildman–Crippen LogP) is -0.539. The molecule has 3 heteroatoms. The van der Waals surface area contributed by atoms with Crippen molar-refractivity contribution in [1.82, 2.24) is 9.88 Å². The first-order valence-electron chi connectivity index (χ1n) is 4.89. The highest BCUT2D eigenvalue weighted by atomic mass is 15.2. The number of aromatic nitrogens is 1. The van der Waals surface area contributed by atoms with Crippen LogP contribution in [0.25, 0.3) is 0 Å². The van der Waals surface area contributed by atoms with Gasteiger partial charge < -0.3 is 5.32 Å². The highest BCUT2D eigenvalue weighted by Crippen LogP contribution is 1.99. The monoisotopic (exact) mass is 178 g/mol. The Morgan fingerprint density at radius 2 is 2.15 bits per heavy atom. The number of nitrogens with two attached hydrogens (primary N) is 1. The van der Waals surface area contributed by atoms with Crippen molar-refractivity contribution in [2.45, 2.75) is 6.54 Å². The lowest BCUT2D eigenvalue weighted by atomic mass is 10.3. The molecule has 2 heterocycles. The number of hydrogen-bond donors (Lipinski definition) is 1. The third-order valence-corrected chi connectivity index (χ3v) is 2.41. The standard InChI is InChI=1S/C10H15N3/c1-2-4-12-10(3-1)9-13-7-5-11-6-8-13/h1-4,11H,5-9H2/p+1. The fourth-order valence-corrected chi connectivity index (χ4v) is 1.68. The summed E-state index contributed by atoms with van der Waals surface area (Å²) < 4.78 is 0. The molecule has 1 aromatic heterocycles. The maximum absolute atomic E-state index is 4.32. The quantitative estimate of drug-likeness (QED) is 0.660. The lowest BCUT2D eigenvalue weighted by Gasteiger charge is -2.24. The first-order chi connectivity index (χ1) is 6.45. The zero-order valence-corrected chi connectivity index (χ0v) is 7.82. The Balaban J connectivity index is 1.90. The van der Waals surface area contributed by atoms with E-state index in [1.54, 1.807) is 0 Å². The molecule has 13 heavy (non-hydrogen) atoms. The van der Waals surface area contributed by atoms with Crippen LogP contribution in [-0.4, -0.2) is 36.1 Å². The van der Waals surface area contributed by atoms with Gasteiger partial charge in [-0.1, -0.05) is 6.07 Å². The summed E-state index contributed by atoms with van der Waals surface area (Å²) in [7, 11) is 0. The molecule has 1 aromatic rings. The Hall–Kier alpha value is -0.930. The van der Waals surface area contributed by atoms with Gasteiger partial charge in [0.25, 0.3) is 0 Å². The molecule has 2 N–H and O–H groups in total. The molecule has 1 saturated heterocycles. The largest absolute Gasteiger partial charge is 0.344 e. The Morgan fingerprint density at radius 3 is 2.85 bits per heavy atom. The van der Waals surface area contributed by atoms with Crippen LogP contribution in [0.4, 0.5) is 0 Å². The van der Waals surface area contributed by atoms with Gasteiger partial charge in [0.15, 0.2) is 0 Å². The Labute approximate surface area is 78.8 Å². The van der Waals surface area contributed by atoms with Crippen LogP contribution in [0.3, 0.4) is 0 Å². The fraction of sp³-hybridized carbons (Fsp3) is 0.500. The zero-order valence-electron chi connectivity index (χ0n) is 7.82. The molecule has 0 aromatic carbocycles. The summed E-state index contributed by atoms with van der Waals surface area (Å²) >= 11 is 0. The molecule has 1 aliphatic rings. The molecular weight excluding hydrogens is 162 g/mol. The van der Waals surface area contributed by atoms with Crippen LogP contribution >= 0.6 is 0 Å². The number of quaternary nitrogens is 1. The van der Waals surface area contributed by atoms with E-state index in [0.29, 0.717) is 0 Å². The van der Waals surface area contributed by atoms with Gasteiger partial charge in [-0.25, -0.2) is 0 Å². The number of piperazine rings is 1.